The Bertz CT molecular complexity index is 724. The third kappa shape index (κ3) is 4.38. The SMILES string of the molecule is CCC(C)NC(=O)c1cc(S(=O)(=O)N(CC)CC)ccc1N1CCCC1. The quantitative estimate of drug-likeness (QED) is 0.752. The van der Waals surface area contributed by atoms with Crippen molar-refractivity contribution in [2.75, 3.05) is 31.1 Å². The number of benzene rings is 1. The number of carbonyl (C=O) groups is 1. The highest BCUT2D eigenvalue weighted by atomic mass is 32.2. The molecular formula is C19H31N3O3S. The molecule has 7 heteroatoms. The Morgan fingerprint density at radius 2 is 1.81 bits per heavy atom. The highest BCUT2D eigenvalue weighted by Gasteiger charge is 2.26. The molecule has 1 aromatic carbocycles. The monoisotopic (exact) mass is 381 g/mol. The van der Waals surface area contributed by atoms with Crippen LogP contribution in [-0.4, -0.2) is 50.9 Å². The summed E-state index contributed by atoms with van der Waals surface area (Å²) in [6.07, 6.45) is 3.00. The number of hydrogen-bond donors (Lipinski definition) is 1. The van der Waals surface area contributed by atoms with Crippen LogP contribution in [0.2, 0.25) is 0 Å². The summed E-state index contributed by atoms with van der Waals surface area (Å²) in [6.45, 7) is 10.2. The largest absolute Gasteiger partial charge is 0.371 e. The van der Waals surface area contributed by atoms with Crippen molar-refractivity contribution in [2.45, 2.75) is 57.9 Å². The van der Waals surface area contributed by atoms with Gasteiger partial charge in [-0.1, -0.05) is 20.8 Å². The highest BCUT2D eigenvalue weighted by Crippen LogP contribution is 2.28. The molecule has 1 aliphatic rings. The van der Waals surface area contributed by atoms with E-state index >= 15 is 0 Å². The molecule has 26 heavy (non-hydrogen) atoms. The summed E-state index contributed by atoms with van der Waals surface area (Å²) in [5.41, 5.74) is 1.27. The molecule has 1 fully saturated rings. The molecular weight excluding hydrogens is 350 g/mol. The van der Waals surface area contributed by atoms with Crippen molar-refractivity contribution in [3.8, 4) is 0 Å². The number of hydrogen-bond acceptors (Lipinski definition) is 4. The molecule has 2 rings (SSSR count). The summed E-state index contributed by atoms with van der Waals surface area (Å²) < 4.78 is 27.1. The van der Waals surface area contributed by atoms with E-state index in [1.54, 1.807) is 18.2 Å². The van der Waals surface area contributed by atoms with Crippen LogP contribution in [0.25, 0.3) is 0 Å². The van der Waals surface area contributed by atoms with Gasteiger partial charge in [0.2, 0.25) is 10.0 Å². The summed E-state index contributed by atoms with van der Waals surface area (Å²) in [7, 11) is -3.60. The normalized spacial score (nSPS) is 16.1. The van der Waals surface area contributed by atoms with Crippen molar-refractivity contribution in [2.24, 2.45) is 0 Å². The van der Waals surface area contributed by atoms with E-state index in [4.69, 9.17) is 0 Å². The Morgan fingerprint density at radius 3 is 2.35 bits per heavy atom. The number of nitrogens with one attached hydrogen (secondary N) is 1. The number of sulfonamides is 1. The zero-order valence-electron chi connectivity index (χ0n) is 16.3. The predicted molar refractivity (Wildman–Crippen MR) is 105 cm³/mol. The van der Waals surface area contributed by atoms with Crippen LogP contribution < -0.4 is 10.2 Å². The fraction of sp³-hybridized carbons (Fsp3) is 0.632. The van der Waals surface area contributed by atoms with Crippen LogP contribution >= 0.6 is 0 Å². The van der Waals surface area contributed by atoms with Crippen molar-refractivity contribution in [3.05, 3.63) is 23.8 Å². The van der Waals surface area contributed by atoms with Gasteiger partial charge in [-0.05, 0) is 44.4 Å². The molecule has 6 nitrogen and oxygen atoms in total. The number of rotatable bonds is 8. The van der Waals surface area contributed by atoms with Crippen LogP contribution in [0.1, 0.15) is 57.3 Å². The average molecular weight is 382 g/mol. The fourth-order valence-corrected chi connectivity index (χ4v) is 4.69. The first-order chi connectivity index (χ1) is 12.3. The van der Waals surface area contributed by atoms with Gasteiger partial charge in [0.25, 0.3) is 5.91 Å². The third-order valence-electron chi connectivity index (χ3n) is 4.99. The van der Waals surface area contributed by atoms with Gasteiger partial charge in [-0.2, -0.15) is 4.31 Å². The maximum Gasteiger partial charge on any atom is 0.253 e. The van der Waals surface area contributed by atoms with Crippen LogP contribution in [-0.2, 0) is 10.0 Å². The average Bonchev–Trinajstić information content (AvgIpc) is 3.16. The van der Waals surface area contributed by atoms with Gasteiger partial charge in [0.05, 0.1) is 10.5 Å². The van der Waals surface area contributed by atoms with Crippen LogP contribution in [0.5, 0.6) is 0 Å². The molecule has 1 heterocycles. The van der Waals surface area contributed by atoms with Gasteiger partial charge in [-0.3, -0.25) is 4.79 Å². The molecule has 1 aromatic rings. The zero-order chi connectivity index (χ0) is 19.3. The smallest absolute Gasteiger partial charge is 0.253 e. The van der Waals surface area contributed by atoms with E-state index in [9.17, 15) is 13.2 Å². The Morgan fingerprint density at radius 1 is 1.19 bits per heavy atom. The Labute approximate surface area is 157 Å². The lowest BCUT2D eigenvalue weighted by Gasteiger charge is -2.24. The van der Waals surface area contributed by atoms with Crippen LogP contribution in [0.4, 0.5) is 5.69 Å². The first-order valence-corrected chi connectivity index (χ1v) is 11.0. The molecule has 1 aliphatic heterocycles. The fourth-order valence-electron chi connectivity index (χ4n) is 3.21. The van der Waals surface area contributed by atoms with Crippen molar-refractivity contribution in [1.29, 1.82) is 0 Å². The first kappa shape index (κ1) is 20.7. The summed E-state index contributed by atoms with van der Waals surface area (Å²) in [4.78, 5) is 15.2. The van der Waals surface area contributed by atoms with Crippen LogP contribution in [0.15, 0.2) is 23.1 Å². The Kier molecular flexibility index (Phi) is 7.06. The minimum Gasteiger partial charge on any atom is -0.371 e. The molecule has 0 spiro atoms. The maximum atomic E-state index is 12.9. The number of nitrogens with zero attached hydrogens (tertiary/aromatic N) is 2. The van der Waals surface area contributed by atoms with Crippen molar-refractivity contribution in [1.82, 2.24) is 9.62 Å². The Hall–Kier alpha value is -1.60. The second kappa shape index (κ2) is 8.86. The van der Waals surface area contributed by atoms with Gasteiger partial charge in [-0.15, -0.1) is 0 Å². The van der Waals surface area contributed by atoms with E-state index < -0.39 is 10.0 Å². The number of carbonyl (C=O) groups excluding carboxylic acids is 1. The second-order valence-electron chi connectivity index (χ2n) is 6.75. The van der Waals surface area contributed by atoms with Crippen molar-refractivity contribution >= 4 is 21.6 Å². The van der Waals surface area contributed by atoms with Gasteiger partial charge in [0, 0.05) is 37.9 Å². The lowest BCUT2D eigenvalue weighted by molar-refractivity contribution is 0.0939. The van der Waals surface area contributed by atoms with Gasteiger partial charge in [0.1, 0.15) is 0 Å². The minimum absolute atomic E-state index is 0.0389. The molecule has 0 aliphatic carbocycles. The molecule has 1 amide bonds. The van der Waals surface area contributed by atoms with Gasteiger partial charge < -0.3 is 10.2 Å². The molecule has 0 saturated carbocycles. The van der Waals surface area contributed by atoms with Crippen LogP contribution in [0.3, 0.4) is 0 Å². The molecule has 0 bridgehead atoms. The van der Waals surface area contributed by atoms with E-state index in [2.05, 4.69) is 10.2 Å². The second-order valence-corrected chi connectivity index (χ2v) is 8.68. The molecule has 0 radical (unpaired) electrons. The summed E-state index contributed by atoms with van der Waals surface area (Å²) in [5, 5.41) is 2.97. The van der Waals surface area contributed by atoms with E-state index in [1.165, 1.54) is 4.31 Å². The van der Waals surface area contributed by atoms with E-state index in [0.717, 1.165) is 38.0 Å². The summed E-state index contributed by atoms with van der Waals surface area (Å²) in [5.74, 6) is -0.210. The molecule has 1 atom stereocenters. The molecule has 1 N–H and O–H groups in total. The van der Waals surface area contributed by atoms with Crippen molar-refractivity contribution in [3.63, 3.8) is 0 Å². The lowest BCUT2D eigenvalue weighted by atomic mass is 10.1. The van der Waals surface area contributed by atoms with Crippen LogP contribution in [0, 0.1) is 0 Å². The van der Waals surface area contributed by atoms with E-state index in [-0.39, 0.29) is 16.8 Å². The minimum atomic E-state index is -3.60. The standard InChI is InChI=1S/C19H31N3O3S/c1-5-15(4)20-19(23)17-14-16(26(24,25)22(6-2)7-3)10-11-18(17)21-12-8-9-13-21/h10-11,14-15H,5-9,12-13H2,1-4H3,(H,20,23). The summed E-state index contributed by atoms with van der Waals surface area (Å²) in [6, 6.07) is 4.99. The van der Waals surface area contributed by atoms with Gasteiger partial charge in [0.15, 0.2) is 0 Å². The lowest BCUT2D eigenvalue weighted by Crippen LogP contribution is -2.34. The highest BCUT2D eigenvalue weighted by molar-refractivity contribution is 7.89. The van der Waals surface area contributed by atoms with E-state index in [1.807, 2.05) is 27.7 Å². The molecule has 146 valence electrons. The maximum absolute atomic E-state index is 12.9. The third-order valence-corrected chi connectivity index (χ3v) is 7.04. The number of amides is 1. The number of anilines is 1. The van der Waals surface area contributed by atoms with Gasteiger partial charge in [-0.25, -0.2) is 8.42 Å². The molecule has 1 saturated heterocycles. The topological polar surface area (TPSA) is 69.7 Å². The molecule has 1 unspecified atom stereocenters. The van der Waals surface area contributed by atoms with E-state index in [0.29, 0.717) is 18.7 Å². The summed E-state index contributed by atoms with van der Waals surface area (Å²) >= 11 is 0. The zero-order valence-corrected chi connectivity index (χ0v) is 17.1. The first-order valence-electron chi connectivity index (χ1n) is 9.55. The van der Waals surface area contributed by atoms with Gasteiger partial charge >= 0.3 is 0 Å². The Balaban J connectivity index is 2.48. The molecule has 0 aromatic heterocycles. The predicted octanol–water partition coefficient (Wildman–Crippen LogP) is 2.85. The van der Waals surface area contributed by atoms with Crippen molar-refractivity contribution < 1.29 is 13.2 Å².